The molecule has 2 aromatic rings. The Morgan fingerprint density at radius 3 is 2.51 bits per heavy atom. The van der Waals surface area contributed by atoms with Gasteiger partial charge in [-0.05, 0) is 92.4 Å². The predicted octanol–water partition coefficient (Wildman–Crippen LogP) is 6.35. The Morgan fingerprint density at radius 2 is 1.89 bits per heavy atom. The van der Waals surface area contributed by atoms with E-state index in [0.717, 1.165) is 48.5 Å². The molecule has 1 N–H and O–H groups in total. The molecular formula is C27H34N4O2S2. The van der Waals surface area contributed by atoms with Gasteiger partial charge in [0.05, 0.1) is 11.3 Å². The number of thiophene rings is 1. The van der Waals surface area contributed by atoms with Crippen molar-refractivity contribution in [3.05, 3.63) is 21.9 Å². The zero-order valence-electron chi connectivity index (χ0n) is 20.9. The van der Waals surface area contributed by atoms with E-state index in [1.165, 1.54) is 55.2 Å². The molecule has 6 nitrogen and oxygen atoms in total. The smallest absolute Gasteiger partial charge is 0.277 e. The number of nitrogens with zero attached hydrogens (tertiary/aromatic N) is 3. The Balaban J connectivity index is 1.10. The standard InChI is InChI=1S/C27H34N4O2S2/c1-26(2,3)18-4-5-19-20(13-28)23(35-21(19)9-18)29-22(32)14-34-25-31-30-24(33-25)27-10-15-6-16(11-27)8-17(7-15)12-27/h15-18H,4-12,14H2,1-3H3,(H,29,32)/t15?,16?,17?,18-,27?/m1/s1. The van der Waals surface area contributed by atoms with E-state index in [4.69, 9.17) is 4.42 Å². The van der Waals surface area contributed by atoms with Crippen LogP contribution < -0.4 is 5.32 Å². The molecule has 1 amide bonds. The van der Waals surface area contributed by atoms with Crippen LogP contribution in [0.4, 0.5) is 5.00 Å². The van der Waals surface area contributed by atoms with Crippen molar-refractivity contribution in [2.45, 2.75) is 89.2 Å². The molecule has 0 saturated heterocycles. The van der Waals surface area contributed by atoms with E-state index >= 15 is 0 Å². The minimum atomic E-state index is -0.132. The zero-order chi connectivity index (χ0) is 24.4. The third-order valence-electron chi connectivity index (χ3n) is 9.08. The van der Waals surface area contributed by atoms with Gasteiger partial charge >= 0.3 is 0 Å². The van der Waals surface area contributed by atoms with E-state index in [1.807, 2.05) is 0 Å². The first-order valence-corrected chi connectivity index (χ1v) is 14.8. The number of thioether (sulfide) groups is 1. The maximum Gasteiger partial charge on any atom is 0.277 e. The number of anilines is 1. The number of carbonyl (C=O) groups excluding carboxylic acids is 1. The highest BCUT2D eigenvalue weighted by Gasteiger charge is 2.54. The molecule has 0 aliphatic heterocycles. The zero-order valence-corrected chi connectivity index (χ0v) is 22.5. The first kappa shape index (κ1) is 23.5. The summed E-state index contributed by atoms with van der Waals surface area (Å²) < 4.78 is 6.13. The molecule has 0 aromatic carbocycles. The second-order valence-corrected chi connectivity index (χ2v) is 14.6. The Hall–Kier alpha value is -1.85. The van der Waals surface area contributed by atoms with Gasteiger partial charge in [0.1, 0.15) is 11.1 Å². The van der Waals surface area contributed by atoms with Gasteiger partial charge in [-0.15, -0.1) is 21.5 Å². The highest BCUT2D eigenvalue weighted by Crippen LogP contribution is 2.60. The lowest BCUT2D eigenvalue weighted by Gasteiger charge is -2.55. The largest absolute Gasteiger partial charge is 0.415 e. The lowest BCUT2D eigenvalue weighted by Crippen LogP contribution is -2.48. The molecule has 0 radical (unpaired) electrons. The highest BCUT2D eigenvalue weighted by atomic mass is 32.2. The molecular weight excluding hydrogens is 476 g/mol. The van der Waals surface area contributed by atoms with Crippen LogP contribution >= 0.6 is 23.1 Å². The van der Waals surface area contributed by atoms with Crippen LogP contribution in [0.5, 0.6) is 0 Å². The Kier molecular flexibility index (Phi) is 5.80. The average Bonchev–Trinajstić information content (AvgIpc) is 3.40. The lowest BCUT2D eigenvalue weighted by atomic mass is 9.49. The molecule has 5 aliphatic carbocycles. The number of carbonyl (C=O) groups is 1. The van der Waals surface area contributed by atoms with E-state index in [9.17, 15) is 10.1 Å². The summed E-state index contributed by atoms with van der Waals surface area (Å²) in [6.45, 7) is 6.86. The van der Waals surface area contributed by atoms with Crippen molar-refractivity contribution in [3.63, 3.8) is 0 Å². The van der Waals surface area contributed by atoms with Gasteiger partial charge in [-0.25, -0.2) is 0 Å². The van der Waals surface area contributed by atoms with Crippen molar-refractivity contribution in [3.8, 4) is 6.07 Å². The van der Waals surface area contributed by atoms with Crippen molar-refractivity contribution in [2.24, 2.45) is 29.1 Å². The number of fused-ring (bicyclic) bond motifs is 1. The molecule has 1 atom stereocenters. The fourth-order valence-electron chi connectivity index (χ4n) is 7.68. The van der Waals surface area contributed by atoms with Gasteiger partial charge in [0, 0.05) is 10.3 Å². The molecule has 4 saturated carbocycles. The van der Waals surface area contributed by atoms with Gasteiger partial charge in [0.15, 0.2) is 0 Å². The quantitative estimate of drug-likeness (QED) is 0.471. The molecule has 4 bridgehead atoms. The molecule has 8 heteroatoms. The summed E-state index contributed by atoms with van der Waals surface area (Å²) in [6, 6.07) is 2.35. The molecule has 7 rings (SSSR count). The summed E-state index contributed by atoms with van der Waals surface area (Å²) in [5, 5.41) is 22.7. The van der Waals surface area contributed by atoms with Crippen molar-refractivity contribution in [1.29, 1.82) is 5.26 Å². The molecule has 2 aromatic heterocycles. The normalized spacial score (nSPS) is 31.3. The maximum absolute atomic E-state index is 12.8. The van der Waals surface area contributed by atoms with Crippen molar-refractivity contribution >= 4 is 34.0 Å². The van der Waals surface area contributed by atoms with Crippen LogP contribution in [0.3, 0.4) is 0 Å². The summed E-state index contributed by atoms with van der Waals surface area (Å²) in [6.07, 6.45) is 10.7. The minimum Gasteiger partial charge on any atom is -0.415 e. The predicted molar refractivity (Wildman–Crippen MR) is 138 cm³/mol. The molecule has 2 heterocycles. The number of hydrogen-bond acceptors (Lipinski definition) is 7. The maximum atomic E-state index is 12.8. The molecule has 0 unspecified atom stereocenters. The van der Waals surface area contributed by atoms with Gasteiger partial charge in [-0.3, -0.25) is 4.79 Å². The van der Waals surface area contributed by atoms with Gasteiger partial charge in [-0.2, -0.15) is 5.26 Å². The number of hydrogen-bond donors (Lipinski definition) is 1. The third kappa shape index (κ3) is 4.33. The first-order valence-electron chi connectivity index (χ1n) is 13.0. The van der Waals surface area contributed by atoms with Crippen molar-refractivity contribution < 1.29 is 9.21 Å². The summed E-state index contributed by atoms with van der Waals surface area (Å²) in [4.78, 5) is 14.1. The molecule has 0 spiro atoms. The minimum absolute atomic E-state index is 0.0749. The Labute approximate surface area is 215 Å². The monoisotopic (exact) mass is 510 g/mol. The SMILES string of the molecule is CC(C)(C)[C@@H]1CCc2c(sc(NC(=O)CSc3nnc(C45CC6CC(CC(C6)C4)C5)o3)c2C#N)C1. The second-order valence-electron chi connectivity index (χ2n) is 12.5. The second kappa shape index (κ2) is 8.62. The first-order chi connectivity index (χ1) is 16.7. The Morgan fingerprint density at radius 1 is 1.20 bits per heavy atom. The van der Waals surface area contributed by atoms with Crippen molar-refractivity contribution in [2.75, 3.05) is 11.1 Å². The van der Waals surface area contributed by atoms with Crippen LogP contribution in [-0.2, 0) is 23.1 Å². The van der Waals surface area contributed by atoms with E-state index in [-0.39, 0.29) is 22.5 Å². The summed E-state index contributed by atoms with van der Waals surface area (Å²) in [5.41, 5.74) is 2.11. The average molecular weight is 511 g/mol. The summed E-state index contributed by atoms with van der Waals surface area (Å²) in [5.74, 6) is 3.91. The summed E-state index contributed by atoms with van der Waals surface area (Å²) >= 11 is 2.87. The van der Waals surface area contributed by atoms with Crippen molar-refractivity contribution in [1.82, 2.24) is 10.2 Å². The van der Waals surface area contributed by atoms with Crippen LogP contribution in [0, 0.1) is 40.4 Å². The third-order valence-corrected chi connectivity index (χ3v) is 11.1. The van der Waals surface area contributed by atoms with E-state index in [0.29, 0.717) is 21.7 Å². The van der Waals surface area contributed by atoms with Gasteiger partial charge in [0.25, 0.3) is 5.22 Å². The van der Waals surface area contributed by atoms with Crippen LogP contribution in [0.25, 0.3) is 0 Å². The molecule has 4 fully saturated rings. The number of rotatable bonds is 5. The molecule has 186 valence electrons. The molecule has 35 heavy (non-hydrogen) atoms. The van der Waals surface area contributed by atoms with E-state index in [1.54, 1.807) is 11.3 Å². The van der Waals surface area contributed by atoms with E-state index < -0.39 is 0 Å². The molecule has 5 aliphatic rings. The number of amides is 1. The van der Waals surface area contributed by atoms with Gasteiger partial charge in [0.2, 0.25) is 11.8 Å². The van der Waals surface area contributed by atoms with Crippen LogP contribution in [0.1, 0.15) is 87.6 Å². The summed E-state index contributed by atoms with van der Waals surface area (Å²) in [7, 11) is 0. The van der Waals surface area contributed by atoms with Crippen LogP contribution in [-0.4, -0.2) is 21.9 Å². The van der Waals surface area contributed by atoms with Gasteiger partial charge in [-0.1, -0.05) is 32.5 Å². The fraction of sp³-hybridized carbons (Fsp3) is 0.704. The van der Waals surface area contributed by atoms with Crippen LogP contribution in [0.15, 0.2) is 9.64 Å². The number of nitriles is 1. The lowest BCUT2D eigenvalue weighted by molar-refractivity contribution is -0.113. The topological polar surface area (TPSA) is 91.8 Å². The number of aromatic nitrogens is 2. The Bertz CT molecular complexity index is 1150. The highest BCUT2D eigenvalue weighted by molar-refractivity contribution is 7.99. The van der Waals surface area contributed by atoms with Gasteiger partial charge < -0.3 is 9.73 Å². The fourth-order valence-corrected chi connectivity index (χ4v) is 9.53. The van der Waals surface area contributed by atoms with Crippen LogP contribution in [0.2, 0.25) is 0 Å². The number of nitrogens with one attached hydrogen (secondary N) is 1. The van der Waals surface area contributed by atoms with E-state index in [2.05, 4.69) is 42.4 Å².